The molecule has 1 fully saturated rings. The van der Waals surface area contributed by atoms with E-state index >= 15 is 0 Å². The highest BCUT2D eigenvalue weighted by molar-refractivity contribution is 7.12. The van der Waals surface area contributed by atoms with Crippen molar-refractivity contribution in [1.29, 1.82) is 0 Å². The van der Waals surface area contributed by atoms with Crippen molar-refractivity contribution in [3.05, 3.63) is 79.7 Å². The van der Waals surface area contributed by atoms with Crippen molar-refractivity contribution in [3.8, 4) is 0 Å². The van der Waals surface area contributed by atoms with Gasteiger partial charge in [0.15, 0.2) is 0 Å². The van der Waals surface area contributed by atoms with E-state index in [4.69, 9.17) is 0 Å². The molecule has 1 saturated carbocycles. The van der Waals surface area contributed by atoms with Gasteiger partial charge in [-0.15, -0.1) is 0 Å². The number of benzene rings is 2. The van der Waals surface area contributed by atoms with Crippen molar-refractivity contribution in [1.82, 2.24) is 8.94 Å². The van der Waals surface area contributed by atoms with Crippen LogP contribution in [0.15, 0.2) is 46.0 Å². The number of halogens is 2. The maximum absolute atomic E-state index is 14.7. The molecule has 1 aliphatic rings. The number of hydrogen-bond donors (Lipinski definition) is 1. The number of nitrogens with one attached hydrogen (secondary N) is 1. The fraction of sp³-hybridized carbons (Fsp3) is 0.143. The van der Waals surface area contributed by atoms with E-state index in [9.17, 15) is 18.4 Å². The molecule has 0 amide bonds. The van der Waals surface area contributed by atoms with Crippen LogP contribution < -0.4 is 11.0 Å². The highest BCUT2D eigenvalue weighted by Gasteiger charge is 2.29. The largest absolute Gasteiger partial charge is 0.328 e. The number of fused-ring (bicyclic) bond motifs is 2. The Kier molecular flexibility index (Phi) is 3.80. The third-order valence-electron chi connectivity index (χ3n) is 4.98. The highest BCUT2D eigenvalue weighted by atomic mass is 32.1. The first-order valence-electron chi connectivity index (χ1n) is 8.85. The second-order valence-electron chi connectivity index (χ2n) is 6.92. The third-order valence-corrected chi connectivity index (χ3v) is 5.87. The molecule has 7 heteroatoms. The molecular formula is C21H14F2N2O2S. The van der Waals surface area contributed by atoms with Crippen molar-refractivity contribution >= 4 is 44.8 Å². The minimum Gasteiger partial charge on any atom is -0.328 e. The van der Waals surface area contributed by atoms with Crippen molar-refractivity contribution < 1.29 is 8.78 Å². The van der Waals surface area contributed by atoms with Gasteiger partial charge in [-0.1, -0.05) is 24.3 Å². The van der Waals surface area contributed by atoms with Crippen LogP contribution in [0.4, 0.5) is 8.78 Å². The molecular weight excluding hydrogens is 382 g/mol. The minimum absolute atomic E-state index is 0.0957. The molecule has 2 heterocycles. The van der Waals surface area contributed by atoms with E-state index in [0.29, 0.717) is 15.9 Å². The van der Waals surface area contributed by atoms with Crippen LogP contribution in [0.5, 0.6) is 0 Å². The molecule has 0 radical (unpaired) electrons. The Morgan fingerprint density at radius 2 is 1.82 bits per heavy atom. The Morgan fingerprint density at radius 3 is 2.54 bits per heavy atom. The Hall–Kier alpha value is -3.06. The van der Waals surface area contributed by atoms with Gasteiger partial charge in [-0.2, -0.15) is 0 Å². The monoisotopic (exact) mass is 396 g/mol. The molecule has 5 rings (SSSR count). The van der Waals surface area contributed by atoms with Gasteiger partial charge in [-0.05, 0) is 54.2 Å². The van der Waals surface area contributed by atoms with Crippen LogP contribution in [0.2, 0.25) is 0 Å². The van der Waals surface area contributed by atoms with E-state index in [0.717, 1.165) is 29.9 Å². The van der Waals surface area contributed by atoms with Crippen molar-refractivity contribution in [3.63, 3.8) is 0 Å². The molecule has 2 aromatic heterocycles. The average molecular weight is 396 g/mol. The number of aromatic amines is 1. The van der Waals surface area contributed by atoms with E-state index in [1.165, 1.54) is 18.2 Å². The molecule has 1 aliphatic carbocycles. The van der Waals surface area contributed by atoms with Crippen LogP contribution in [-0.2, 0) is 0 Å². The average Bonchev–Trinajstić information content (AvgIpc) is 3.44. The van der Waals surface area contributed by atoms with E-state index in [1.54, 1.807) is 30.4 Å². The first-order valence-corrected chi connectivity index (χ1v) is 9.67. The summed E-state index contributed by atoms with van der Waals surface area (Å²) in [6.45, 7) is 0. The van der Waals surface area contributed by atoms with E-state index in [2.05, 4.69) is 4.37 Å². The second-order valence-corrected chi connectivity index (χ2v) is 7.71. The zero-order valence-corrected chi connectivity index (χ0v) is 15.4. The van der Waals surface area contributed by atoms with Crippen molar-refractivity contribution in [2.45, 2.75) is 18.9 Å². The van der Waals surface area contributed by atoms with Crippen LogP contribution >= 0.6 is 11.5 Å². The lowest BCUT2D eigenvalue weighted by molar-refractivity contribution is 0.626. The molecule has 1 N–H and O–H groups in total. The lowest BCUT2D eigenvalue weighted by Gasteiger charge is -2.12. The third kappa shape index (κ3) is 2.70. The second kappa shape index (κ2) is 6.24. The number of nitrogens with zero attached hydrogens (tertiary/aromatic N) is 1. The Balaban J connectivity index is 1.74. The first kappa shape index (κ1) is 17.1. The summed E-state index contributed by atoms with van der Waals surface area (Å²) in [5.74, 6) is -0.881. The molecule has 4 aromatic rings. The number of hydrogen-bond acceptors (Lipinski definition) is 3. The van der Waals surface area contributed by atoms with Gasteiger partial charge in [-0.25, -0.2) is 8.78 Å². The van der Waals surface area contributed by atoms with Gasteiger partial charge in [0, 0.05) is 17.0 Å². The summed E-state index contributed by atoms with van der Waals surface area (Å²) in [4.78, 5) is 25.5. The summed E-state index contributed by atoms with van der Waals surface area (Å²) < 4.78 is 32.3. The summed E-state index contributed by atoms with van der Waals surface area (Å²) in [5.41, 5.74) is 0.808. The van der Waals surface area contributed by atoms with Gasteiger partial charge >= 0.3 is 0 Å². The summed E-state index contributed by atoms with van der Waals surface area (Å²) in [6, 6.07) is 8.94. The van der Waals surface area contributed by atoms with Gasteiger partial charge in [0.2, 0.25) is 5.43 Å². The summed E-state index contributed by atoms with van der Waals surface area (Å²) in [5, 5.41) is 0.304. The molecule has 0 aliphatic heterocycles. The Bertz CT molecular complexity index is 1380. The SMILES string of the molecule is O=c1[nH]sc2c1c(=O)c1cc(F)c(/C=C/c3ccc(F)cc3)cc1n2C1CC1. The molecule has 28 heavy (non-hydrogen) atoms. The van der Waals surface area contributed by atoms with Crippen LogP contribution in [-0.4, -0.2) is 8.94 Å². The maximum Gasteiger partial charge on any atom is 0.271 e. The molecule has 0 spiro atoms. The van der Waals surface area contributed by atoms with Gasteiger partial charge in [0.05, 0.1) is 5.52 Å². The fourth-order valence-corrected chi connectivity index (χ4v) is 4.37. The van der Waals surface area contributed by atoms with Crippen LogP contribution in [0, 0.1) is 11.6 Å². The quantitative estimate of drug-likeness (QED) is 0.511. The molecule has 0 atom stereocenters. The van der Waals surface area contributed by atoms with Crippen molar-refractivity contribution in [2.24, 2.45) is 0 Å². The zero-order chi connectivity index (χ0) is 19.4. The number of pyridine rings is 1. The smallest absolute Gasteiger partial charge is 0.271 e. The lowest BCUT2D eigenvalue weighted by Crippen LogP contribution is -2.15. The topological polar surface area (TPSA) is 54.9 Å². The number of aromatic nitrogens is 2. The molecule has 4 nitrogen and oxygen atoms in total. The maximum atomic E-state index is 14.7. The summed E-state index contributed by atoms with van der Waals surface area (Å²) in [7, 11) is 0. The first-order chi connectivity index (χ1) is 13.5. The summed E-state index contributed by atoms with van der Waals surface area (Å²) >= 11 is 1.14. The minimum atomic E-state index is -0.545. The van der Waals surface area contributed by atoms with Crippen LogP contribution in [0.1, 0.15) is 30.0 Å². The van der Waals surface area contributed by atoms with Gasteiger partial charge in [0.25, 0.3) is 5.56 Å². The molecule has 0 saturated heterocycles. The van der Waals surface area contributed by atoms with E-state index in [-0.39, 0.29) is 22.6 Å². The zero-order valence-electron chi connectivity index (χ0n) is 14.5. The van der Waals surface area contributed by atoms with Gasteiger partial charge in [0.1, 0.15) is 21.9 Å². The van der Waals surface area contributed by atoms with Crippen molar-refractivity contribution in [2.75, 3.05) is 0 Å². The predicted octanol–water partition coefficient (Wildman–Crippen LogP) is 4.69. The molecule has 140 valence electrons. The lowest BCUT2D eigenvalue weighted by atomic mass is 10.1. The molecule has 0 unspecified atom stereocenters. The standard InChI is InChI=1S/C21H14F2N2O2S/c22-13-5-2-11(3-6-13)1-4-12-9-17-15(10-16(12)23)19(26)18-20(27)24-28-21(18)25(17)14-7-8-14/h1-6,9-10,14H,7-8H2,(H,24,27)/b4-1+. The predicted molar refractivity (Wildman–Crippen MR) is 108 cm³/mol. The normalized spacial score (nSPS) is 14.5. The van der Waals surface area contributed by atoms with Crippen LogP contribution in [0.25, 0.3) is 33.3 Å². The van der Waals surface area contributed by atoms with E-state index in [1.807, 2.05) is 4.57 Å². The molecule has 2 aromatic carbocycles. The number of rotatable bonds is 3. The summed E-state index contributed by atoms with van der Waals surface area (Å²) in [6.07, 6.45) is 5.21. The Morgan fingerprint density at radius 1 is 1.07 bits per heavy atom. The highest BCUT2D eigenvalue weighted by Crippen LogP contribution is 2.40. The Labute approximate surface area is 161 Å². The number of H-pyrrole nitrogens is 1. The van der Waals surface area contributed by atoms with Gasteiger partial charge < -0.3 is 4.57 Å². The van der Waals surface area contributed by atoms with E-state index < -0.39 is 16.8 Å². The van der Waals surface area contributed by atoms with Gasteiger partial charge in [-0.3, -0.25) is 14.0 Å². The molecule has 0 bridgehead atoms. The van der Waals surface area contributed by atoms with Crippen LogP contribution in [0.3, 0.4) is 0 Å². The fourth-order valence-electron chi connectivity index (χ4n) is 3.45.